The molecule has 8 heteroatoms. The molecule has 1 N–H and O–H groups in total. The van der Waals surface area contributed by atoms with E-state index in [9.17, 15) is 14.4 Å². The molecule has 0 aliphatic rings. The Labute approximate surface area is 185 Å². The molecule has 0 amide bonds. The van der Waals surface area contributed by atoms with E-state index in [1.807, 2.05) is 0 Å². The zero-order valence-corrected chi connectivity index (χ0v) is 18.1. The van der Waals surface area contributed by atoms with Gasteiger partial charge in [0, 0.05) is 17.3 Å². The molecule has 0 spiro atoms. The van der Waals surface area contributed by atoms with E-state index >= 15 is 0 Å². The van der Waals surface area contributed by atoms with Crippen molar-refractivity contribution >= 4 is 40.2 Å². The second-order valence-corrected chi connectivity index (χ2v) is 6.64. The Morgan fingerprint density at radius 3 is 1.97 bits per heavy atom. The van der Waals surface area contributed by atoms with E-state index in [1.165, 1.54) is 6.20 Å². The van der Waals surface area contributed by atoms with Gasteiger partial charge >= 0.3 is 17.9 Å². The van der Waals surface area contributed by atoms with Gasteiger partial charge in [-0.2, -0.15) is 0 Å². The average Bonchev–Trinajstić information content (AvgIpc) is 2.80. The van der Waals surface area contributed by atoms with Gasteiger partial charge in [-0.3, -0.25) is 4.98 Å². The van der Waals surface area contributed by atoms with E-state index in [-0.39, 0.29) is 25.4 Å². The van der Waals surface area contributed by atoms with Crippen molar-refractivity contribution in [3.8, 4) is 0 Å². The lowest BCUT2D eigenvalue weighted by atomic mass is 10.1. The van der Waals surface area contributed by atoms with E-state index in [2.05, 4.69) is 10.3 Å². The van der Waals surface area contributed by atoms with Crippen LogP contribution in [0.4, 0.5) is 11.4 Å². The number of hydrogen-bond donors (Lipinski definition) is 1. The Hall–Kier alpha value is -3.94. The summed E-state index contributed by atoms with van der Waals surface area (Å²) in [5.41, 5.74) is 2.60. The average molecular weight is 436 g/mol. The van der Waals surface area contributed by atoms with Crippen LogP contribution >= 0.6 is 0 Å². The molecule has 0 atom stereocenters. The minimum atomic E-state index is -0.547. The fraction of sp³-hybridized carbons (Fsp3) is 0.250. The fourth-order valence-corrected chi connectivity index (χ4v) is 3.08. The molecular formula is C24H24N2O6. The van der Waals surface area contributed by atoms with Gasteiger partial charge in [-0.15, -0.1) is 0 Å². The van der Waals surface area contributed by atoms with Crippen LogP contribution in [-0.4, -0.2) is 42.7 Å². The number of esters is 3. The summed E-state index contributed by atoms with van der Waals surface area (Å²) in [4.78, 5) is 41.1. The molecule has 166 valence electrons. The molecule has 0 saturated heterocycles. The van der Waals surface area contributed by atoms with Crippen LogP contribution in [0.25, 0.3) is 10.9 Å². The number of carbonyl (C=O) groups excluding carboxylic acids is 3. The highest BCUT2D eigenvalue weighted by Crippen LogP contribution is 2.31. The molecule has 0 aliphatic carbocycles. The minimum Gasteiger partial charge on any atom is -0.462 e. The highest BCUT2D eigenvalue weighted by Gasteiger charge is 2.19. The van der Waals surface area contributed by atoms with Crippen molar-refractivity contribution in [2.45, 2.75) is 20.8 Å². The summed E-state index contributed by atoms with van der Waals surface area (Å²) in [5, 5.41) is 3.76. The van der Waals surface area contributed by atoms with Crippen molar-refractivity contribution in [3.05, 3.63) is 65.4 Å². The number of nitrogens with one attached hydrogen (secondary N) is 1. The molecule has 0 aliphatic heterocycles. The molecule has 0 bridgehead atoms. The molecule has 8 nitrogen and oxygen atoms in total. The first-order valence-electron chi connectivity index (χ1n) is 10.3. The molecule has 1 heterocycles. The molecule has 1 aromatic heterocycles. The number of nitrogens with zero attached hydrogens (tertiary/aromatic N) is 1. The maximum absolute atomic E-state index is 12.6. The second-order valence-electron chi connectivity index (χ2n) is 6.64. The number of carbonyl (C=O) groups is 3. The first kappa shape index (κ1) is 22.7. The molecular weight excluding hydrogens is 412 g/mol. The van der Waals surface area contributed by atoms with Crippen molar-refractivity contribution < 1.29 is 28.6 Å². The Bertz CT molecular complexity index is 1140. The maximum Gasteiger partial charge on any atom is 0.341 e. The first-order chi connectivity index (χ1) is 15.5. The molecule has 32 heavy (non-hydrogen) atoms. The van der Waals surface area contributed by atoms with Gasteiger partial charge in [-0.1, -0.05) is 0 Å². The van der Waals surface area contributed by atoms with Gasteiger partial charge in [-0.05, 0) is 63.2 Å². The number of anilines is 2. The number of rotatable bonds is 8. The van der Waals surface area contributed by atoms with Crippen molar-refractivity contribution in [1.29, 1.82) is 0 Å². The molecule has 0 radical (unpaired) electrons. The summed E-state index contributed by atoms with van der Waals surface area (Å²) in [6.07, 6.45) is 1.43. The smallest absolute Gasteiger partial charge is 0.341 e. The van der Waals surface area contributed by atoms with E-state index < -0.39 is 17.9 Å². The number of benzene rings is 2. The van der Waals surface area contributed by atoms with Gasteiger partial charge < -0.3 is 19.5 Å². The van der Waals surface area contributed by atoms with E-state index in [0.29, 0.717) is 33.4 Å². The summed E-state index contributed by atoms with van der Waals surface area (Å²) < 4.78 is 15.3. The predicted octanol–water partition coefficient (Wildman–Crippen LogP) is 4.51. The van der Waals surface area contributed by atoms with E-state index in [4.69, 9.17) is 14.2 Å². The van der Waals surface area contributed by atoms with Gasteiger partial charge in [0.1, 0.15) is 5.56 Å². The lowest BCUT2D eigenvalue weighted by Gasteiger charge is -2.15. The van der Waals surface area contributed by atoms with Crippen molar-refractivity contribution in [2.75, 3.05) is 25.1 Å². The fourth-order valence-electron chi connectivity index (χ4n) is 3.08. The summed E-state index contributed by atoms with van der Waals surface area (Å²) in [6.45, 7) is 5.92. The van der Waals surface area contributed by atoms with Crippen molar-refractivity contribution in [1.82, 2.24) is 4.98 Å². The van der Waals surface area contributed by atoms with Crippen LogP contribution in [0.3, 0.4) is 0 Å². The molecule has 0 fully saturated rings. The summed E-state index contributed by atoms with van der Waals surface area (Å²) in [7, 11) is 0. The van der Waals surface area contributed by atoms with Crippen LogP contribution in [0.1, 0.15) is 51.8 Å². The Morgan fingerprint density at radius 2 is 1.34 bits per heavy atom. The van der Waals surface area contributed by atoms with E-state index in [0.717, 1.165) is 0 Å². The van der Waals surface area contributed by atoms with Crippen molar-refractivity contribution in [2.24, 2.45) is 0 Å². The van der Waals surface area contributed by atoms with Gasteiger partial charge in [0.15, 0.2) is 0 Å². The number of pyridine rings is 1. The standard InChI is InChI=1S/C24H24N2O6/c1-4-30-22(27)15-7-10-17(11-8-15)26-21-18-13-16(23(28)31-5-2)9-12-20(18)25-14-19(21)24(29)32-6-3/h7-14H,4-6H2,1-3H3,(H,25,26). The summed E-state index contributed by atoms with van der Waals surface area (Å²) in [6, 6.07) is 11.6. The predicted molar refractivity (Wildman–Crippen MR) is 119 cm³/mol. The normalized spacial score (nSPS) is 10.5. The van der Waals surface area contributed by atoms with Crippen molar-refractivity contribution in [3.63, 3.8) is 0 Å². The van der Waals surface area contributed by atoms with Gasteiger partial charge in [0.05, 0.1) is 42.2 Å². The Kier molecular flexibility index (Phi) is 7.38. The number of hydrogen-bond acceptors (Lipinski definition) is 8. The van der Waals surface area contributed by atoms with Gasteiger partial charge in [0.2, 0.25) is 0 Å². The van der Waals surface area contributed by atoms with Crippen LogP contribution in [0, 0.1) is 0 Å². The second kappa shape index (κ2) is 10.4. The van der Waals surface area contributed by atoms with E-state index in [1.54, 1.807) is 63.2 Å². The van der Waals surface area contributed by atoms with Crippen LogP contribution in [-0.2, 0) is 14.2 Å². The van der Waals surface area contributed by atoms with Gasteiger partial charge in [-0.25, -0.2) is 14.4 Å². The Morgan fingerprint density at radius 1 is 0.781 bits per heavy atom. The van der Waals surface area contributed by atoms with Gasteiger partial charge in [0.25, 0.3) is 0 Å². The largest absolute Gasteiger partial charge is 0.462 e. The van der Waals surface area contributed by atoms with Crippen LogP contribution in [0.15, 0.2) is 48.7 Å². The summed E-state index contributed by atoms with van der Waals surface area (Å²) in [5.74, 6) is -1.44. The third kappa shape index (κ3) is 5.03. The maximum atomic E-state index is 12.6. The highest BCUT2D eigenvalue weighted by atomic mass is 16.5. The van der Waals surface area contributed by atoms with Crippen LogP contribution in [0.5, 0.6) is 0 Å². The van der Waals surface area contributed by atoms with Crippen LogP contribution < -0.4 is 5.32 Å². The number of ether oxygens (including phenoxy) is 3. The van der Waals surface area contributed by atoms with Crippen LogP contribution in [0.2, 0.25) is 0 Å². The molecule has 0 saturated carbocycles. The monoisotopic (exact) mass is 436 g/mol. The lowest BCUT2D eigenvalue weighted by Crippen LogP contribution is -2.10. The Balaban J connectivity index is 2.07. The quantitative estimate of drug-likeness (QED) is 0.406. The molecule has 0 unspecified atom stereocenters. The zero-order chi connectivity index (χ0) is 23.1. The molecule has 3 aromatic rings. The number of aromatic nitrogens is 1. The minimum absolute atomic E-state index is 0.202. The lowest BCUT2D eigenvalue weighted by molar-refractivity contribution is 0.0517. The first-order valence-corrected chi connectivity index (χ1v) is 10.3. The highest BCUT2D eigenvalue weighted by molar-refractivity contribution is 6.07. The summed E-state index contributed by atoms with van der Waals surface area (Å²) >= 11 is 0. The number of fused-ring (bicyclic) bond motifs is 1. The third-order valence-corrected chi connectivity index (χ3v) is 4.54. The molecule has 2 aromatic carbocycles. The zero-order valence-electron chi connectivity index (χ0n) is 18.1. The third-order valence-electron chi connectivity index (χ3n) is 4.54. The SMILES string of the molecule is CCOC(=O)c1ccc(Nc2c(C(=O)OCC)cnc3ccc(C(=O)OCC)cc23)cc1. The molecule has 3 rings (SSSR count). The topological polar surface area (TPSA) is 104 Å².